The molecule has 3 heterocycles. The average Bonchev–Trinajstić information content (AvgIpc) is 4.06. The SMILES string of the molecule is CC(C)c1cc(-c2cc(C(C)(C)C)cc(-c3cc(F)cc(F)c3)c2N2[CH-]N(c3[c-]c(Oc4[c-]c5c(cc4)c4ccccc4n5-c4cc(C(C)(C)C)ccn4)cc(N(c4ccccc4)c4ccccc4)c3)c3ccccc32)cc(C(C)C)c1.[Pt]. The van der Waals surface area contributed by atoms with Crippen LogP contribution >= 0.6 is 0 Å². The Hall–Kier alpha value is -8.32. The van der Waals surface area contributed by atoms with Crippen LogP contribution in [0.4, 0.5) is 48.6 Å². The molecule has 12 rings (SSSR count). The largest absolute Gasteiger partial charge is 0.509 e. The monoisotopic (exact) mass is 1270 g/mol. The summed E-state index contributed by atoms with van der Waals surface area (Å²) in [6.45, 7) is 24.1. The van der Waals surface area contributed by atoms with Gasteiger partial charge in [-0.15, -0.1) is 42.4 Å². The molecular formula is C74H66F2N5OPt-3. The number of pyridine rings is 1. The fourth-order valence-electron chi connectivity index (χ4n) is 11.2. The van der Waals surface area contributed by atoms with E-state index < -0.39 is 11.6 Å². The Bertz CT molecular complexity index is 4110. The van der Waals surface area contributed by atoms with Gasteiger partial charge in [-0.2, -0.15) is 6.07 Å². The molecule has 0 radical (unpaired) electrons. The number of hydrogen-bond acceptors (Lipinski definition) is 5. The molecule has 0 aliphatic carbocycles. The van der Waals surface area contributed by atoms with Gasteiger partial charge in [-0.25, -0.2) is 13.8 Å². The van der Waals surface area contributed by atoms with Gasteiger partial charge >= 0.3 is 0 Å². The van der Waals surface area contributed by atoms with Crippen LogP contribution in [-0.4, -0.2) is 9.55 Å². The van der Waals surface area contributed by atoms with Crippen LogP contribution in [0.1, 0.15) is 103 Å². The number of ether oxygens (including phenoxy) is 1. The molecule has 1 aliphatic heterocycles. The van der Waals surface area contributed by atoms with Gasteiger partial charge in [0, 0.05) is 89.9 Å². The molecule has 1 aliphatic rings. The predicted molar refractivity (Wildman–Crippen MR) is 335 cm³/mol. The van der Waals surface area contributed by atoms with Gasteiger partial charge in [0.05, 0.1) is 0 Å². The summed E-state index contributed by atoms with van der Waals surface area (Å²) in [6, 6.07) is 72.3. The van der Waals surface area contributed by atoms with Crippen LogP contribution in [-0.2, 0) is 31.9 Å². The van der Waals surface area contributed by atoms with Crippen molar-refractivity contribution in [1.29, 1.82) is 0 Å². The third-order valence-corrected chi connectivity index (χ3v) is 15.6. The Morgan fingerprint density at radius 1 is 0.518 bits per heavy atom. The third-order valence-electron chi connectivity index (χ3n) is 15.6. The molecule has 420 valence electrons. The summed E-state index contributed by atoms with van der Waals surface area (Å²) >= 11 is 0. The van der Waals surface area contributed by atoms with Crippen molar-refractivity contribution in [2.24, 2.45) is 0 Å². The van der Waals surface area contributed by atoms with Crippen LogP contribution in [0.15, 0.2) is 200 Å². The van der Waals surface area contributed by atoms with Gasteiger partial charge < -0.3 is 24.0 Å². The topological polar surface area (TPSA) is 36.8 Å². The number of benzene rings is 9. The normalized spacial score (nSPS) is 12.6. The smallest absolute Gasteiger partial charge is 0.135 e. The van der Waals surface area contributed by atoms with Gasteiger partial charge in [-0.3, -0.25) is 0 Å². The van der Waals surface area contributed by atoms with Crippen molar-refractivity contribution in [2.45, 2.75) is 91.9 Å². The quantitative estimate of drug-likeness (QED) is 0.114. The Morgan fingerprint density at radius 2 is 1.08 bits per heavy atom. The molecule has 0 fully saturated rings. The van der Waals surface area contributed by atoms with Crippen LogP contribution in [0.5, 0.6) is 11.5 Å². The second-order valence-electron chi connectivity index (χ2n) is 24.2. The van der Waals surface area contributed by atoms with Crippen molar-refractivity contribution in [3.05, 3.63) is 253 Å². The summed E-state index contributed by atoms with van der Waals surface area (Å²) in [4.78, 5) is 11.5. The molecule has 0 saturated carbocycles. The molecule has 9 heteroatoms. The zero-order valence-electron chi connectivity index (χ0n) is 48.5. The summed E-state index contributed by atoms with van der Waals surface area (Å²) in [5.74, 6) is 0.950. The summed E-state index contributed by atoms with van der Waals surface area (Å²) < 4.78 is 40.7. The minimum Gasteiger partial charge on any atom is -0.509 e. The Balaban J connectivity index is 0.00000721. The summed E-state index contributed by atoms with van der Waals surface area (Å²) in [5.41, 5.74) is 15.1. The molecular weight excluding hydrogens is 1210 g/mol. The van der Waals surface area contributed by atoms with Gasteiger partial charge in [0.25, 0.3) is 0 Å². The molecule has 0 atom stereocenters. The molecule has 9 aromatic carbocycles. The van der Waals surface area contributed by atoms with E-state index in [0.717, 1.165) is 84.5 Å². The van der Waals surface area contributed by atoms with Gasteiger partial charge in [0.15, 0.2) is 0 Å². The number of para-hydroxylation sites is 5. The number of nitrogens with zero attached hydrogens (tertiary/aromatic N) is 5. The number of aromatic nitrogens is 2. The van der Waals surface area contributed by atoms with Crippen LogP contribution in [0.3, 0.4) is 0 Å². The maximum Gasteiger partial charge on any atom is 0.135 e. The van der Waals surface area contributed by atoms with Crippen molar-refractivity contribution in [3.63, 3.8) is 0 Å². The minimum absolute atomic E-state index is 0. The molecule has 0 amide bonds. The van der Waals surface area contributed by atoms with Crippen LogP contribution in [0.2, 0.25) is 0 Å². The predicted octanol–water partition coefficient (Wildman–Crippen LogP) is 20.9. The van der Waals surface area contributed by atoms with Crippen molar-refractivity contribution < 1.29 is 34.6 Å². The molecule has 0 spiro atoms. The van der Waals surface area contributed by atoms with Gasteiger partial charge in [-0.05, 0) is 140 Å². The van der Waals surface area contributed by atoms with Crippen molar-refractivity contribution in [3.8, 4) is 39.6 Å². The number of fused-ring (bicyclic) bond motifs is 4. The van der Waals surface area contributed by atoms with E-state index in [9.17, 15) is 0 Å². The van der Waals surface area contributed by atoms with Gasteiger partial charge in [0.1, 0.15) is 17.5 Å². The fraction of sp³-hybridized carbons (Fsp3) is 0.189. The van der Waals surface area contributed by atoms with Gasteiger partial charge in [0.2, 0.25) is 0 Å². The summed E-state index contributed by atoms with van der Waals surface area (Å²) in [5, 5.41) is 2.11. The molecule has 11 aromatic rings. The second-order valence-corrected chi connectivity index (χ2v) is 24.2. The van der Waals surface area contributed by atoms with Crippen molar-refractivity contribution in [1.82, 2.24) is 9.55 Å². The Kier molecular flexibility index (Phi) is 15.3. The van der Waals surface area contributed by atoms with Crippen LogP contribution in [0.25, 0.3) is 49.9 Å². The first kappa shape index (κ1) is 56.5. The number of halogens is 2. The number of hydrogen-bond donors (Lipinski definition) is 0. The summed E-state index contributed by atoms with van der Waals surface area (Å²) in [7, 11) is 0. The maximum absolute atomic E-state index is 15.7. The van der Waals surface area contributed by atoms with Crippen LogP contribution in [0, 0.1) is 30.4 Å². The average molecular weight is 1270 g/mol. The van der Waals surface area contributed by atoms with E-state index in [2.05, 4.69) is 223 Å². The zero-order chi connectivity index (χ0) is 57.2. The Morgan fingerprint density at radius 3 is 1.69 bits per heavy atom. The van der Waals surface area contributed by atoms with E-state index in [4.69, 9.17) is 9.72 Å². The first-order valence-electron chi connectivity index (χ1n) is 28.3. The minimum atomic E-state index is -0.649. The molecule has 0 N–H and O–H groups in total. The number of anilines is 7. The fourth-order valence-corrected chi connectivity index (χ4v) is 11.2. The molecule has 6 nitrogen and oxygen atoms in total. The first-order chi connectivity index (χ1) is 39.4. The zero-order valence-corrected chi connectivity index (χ0v) is 50.8. The summed E-state index contributed by atoms with van der Waals surface area (Å²) in [6.07, 6.45) is 1.88. The maximum atomic E-state index is 15.7. The van der Waals surface area contributed by atoms with E-state index >= 15 is 8.78 Å². The van der Waals surface area contributed by atoms with E-state index in [1.807, 2.05) is 66.9 Å². The number of rotatable bonds is 12. The van der Waals surface area contributed by atoms with E-state index in [1.54, 1.807) is 0 Å². The van der Waals surface area contributed by atoms with E-state index in [1.165, 1.54) is 28.8 Å². The standard InChI is InChI=1S/C74H66F2N5O.Pt/c1-47(2)49-33-50(48(3)4)35-51(34-49)65-38-54(74(8,9)10)39-66(52-36-55(75)41-56(76)37-52)72(65)79-46-78(68-27-19-20-28-69(68)79)59-42-60(80(57-21-13-11-14-22-57)58-23-15-12-16-24-58)44-62(43-59)82-61-29-30-64-63-25-17-18-26-67(63)81(70(64)45-61)71-40-53(31-32-77-71)73(5,6)7;/h11-42,44,46-48H,1-10H3;/q-3;. The molecule has 83 heavy (non-hydrogen) atoms. The molecule has 2 aromatic heterocycles. The Labute approximate surface area is 501 Å². The third kappa shape index (κ3) is 11.1. The molecule has 0 bridgehead atoms. The van der Waals surface area contributed by atoms with Crippen molar-refractivity contribution >= 4 is 61.6 Å². The van der Waals surface area contributed by atoms with Gasteiger partial charge in [-0.1, -0.05) is 171 Å². The van der Waals surface area contributed by atoms with E-state index in [0.29, 0.717) is 28.3 Å². The van der Waals surface area contributed by atoms with Crippen molar-refractivity contribution in [2.75, 3.05) is 14.7 Å². The molecule has 0 saturated heterocycles. The molecule has 0 unspecified atom stereocenters. The van der Waals surface area contributed by atoms with E-state index in [-0.39, 0.29) is 43.7 Å². The van der Waals surface area contributed by atoms with Crippen LogP contribution < -0.4 is 19.4 Å². The first-order valence-corrected chi connectivity index (χ1v) is 28.3. The second kappa shape index (κ2) is 22.4.